The summed E-state index contributed by atoms with van der Waals surface area (Å²) in [5, 5.41) is 12.2. The Kier molecular flexibility index (Phi) is 6.44. The molecule has 6 nitrogen and oxygen atoms in total. The van der Waals surface area contributed by atoms with Gasteiger partial charge >= 0.3 is 0 Å². The van der Waals surface area contributed by atoms with Crippen molar-refractivity contribution < 1.29 is 9.53 Å². The molecule has 0 spiro atoms. The molecule has 0 bridgehead atoms. The second-order valence-electron chi connectivity index (χ2n) is 4.89. The van der Waals surface area contributed by atoms with E-state index in [1.807, 2.05) is 42.8 Å². The molecule has 124 valence electrons. The van der Waals surface area contributed by atoms with E-state index in [0.717, 1.165) is 5.56 Å². The molecule has 8 heteroatoms. The monoisotopic (exact) mass is 354 g/mol. The molecule has 1 N–H and O–H groups in total. The van der Waals surface area contributed by atoms with Gasteiger partial charge in [-0.25, -0.2) is 0 Å². The van der Waals surface area contributed by atoms with Crippen LogP contribution in [0.15, 0.2) is 29.4 Å². The van der Waals surface area contributed by atoms with Gasteiger partial charge in [0.25, 0.3) is 0 Å². The number of thioether (sulfide) groups is 1. The lowest BCUT2D eigenvalue weighted by Crippen LogP contribution is -2.33. The zero-order valence-corrected chi connectivity index (χ0v) is 14.8. The highest BCUT2D eigenvalue weighted by molar-refractivity contribution is 8.00. The molecule has 0 aliphatic carbocycles. The summed E-state index contributed by atoms with van der Waals surface area (Å²) in [6, 6.07) is 7.46. The van der Waals surface area contributed by atoms with Crippen LogP contribution in [-0.4, -0.2) is 46.2 Å². The van der Waals surface area contributed by atoms with E-state index in [9.17, 15) is 4.79 Å². The molecule has 0 aliphatic heterocycles. The van der Waals surface area contributed by atoms with Crippen molar-refractivity contribution >= 4 is 29.3 Å². The van der Waals surface area contributed by atoms with E-state index >= 15 is 0 Å². The van der Waals surface area contributed by atoms with Crippen LogP contribution in [-0.2, 0) is 16.6 Å². The van der Waals surface area contributed by atoms with Crippen molar-refractivity contribution in [2.75, 3.05) is 20.3 Å². The Bertz CT molecular complexity index is 677. The van der Waals surface area contributed by atoms with E-state index in [0.29, 0.717) is 29.2 Å². The van der Waals surface area contributed by atoms with E-state index in [1.54, 1.807) is 7.11 Å². The van der Waals surface area contributed by atoms with E-state index in [-0.39, 0.29) is 11.2 Å². The van der Waals surface area contributed by atoms with Crippen LogP contribution in [0.3, 0.4) is 0 Å². The Balaban J connectivity index is 2.08. The molecule has 2 aromatic rings. The molecule has 2 rings (SSSR count). The zero-order valence-electron chi connectivity index (χ0n) is 13.2. The number of hydrogen-bond donors (Lipinski definition) is 1. The number of carbonyl (C=O) groups is 1. The highest BCUT2D eigenvalue weighted by Gasteiger charge is 2.19. The molecular formula is C15H19ClN4O2S. The predicted octanol–water partition coefficient (Wildman–Crippen LogP) is 2.38. The standard InChI is InChI=1S/C15H19ClN4O2S/c1-10(14(21)17-8-9-22-3)23-15-19-18-13(20(15)2)11-6-4-5-7-12(11)16/h4-7,10H,8-9H2,1-3H3,(H,17,21)/t10-/m0/s1. The summed E-state index contributed by atoms with van der Waals surface area (Å²) in [4.78, 5) is 12.0. The Hall–Kier alpha value is -1.57. The van der Waals surface area contributed by atoms with Crippen LogP contribution >= 0.6 is 23.4 Å². The van der Waals surface area contributed by atoms with Gasteiger partial charge < -0.3 is 14.6 Å². The molecule has 0 aliphatic rings. The Morgan fingerprint density at radius 3 is 2.87 bits per heavy atom. The molecule has 0 fully saturated rings. The van der Waals surface area contributed by atoms with Gasteiger partial charge in [0.15, 0.2) is 11.0 Å². The number of nitrogens with one attached hydrogen (secondary N) is 1. The quantitative estimate of drug-likeness (QED) is 0.610. The third-order valence-electron chi connectivity index (χ3n) is 3.21. The summed E-state index contributed by atoms with van der Waals surface area (Å²) < 4.78 is 6.75. The number of carbonyl (C=O) groups excluding carboxylic acids is 1. The first-order valence-electron chi connectivity index (χ1n) is 7.12. The third kappa shape index (κ3) is 4.46. The van der Waals surface area contributed by atoms with Gasteiger partial charge in [-0.2, -0.15) is 0 Å². The van der Waals surface area contributed by atoms with Gasteiger partial charge in [0, 0.05) is 26.3 Å². The maximum atomic E-state index is 12.0. The molecule has 23 heavy (non-hydrogen) atoms. The lowest BCUT2D eigenvalue weighted by molar-refractivity contribution is -0.120. The maximum Gasteiger partial charge on any atom is 0.233 e. The number of halogens is 1. The molecule has 1 heterocycles. The van der Waals surface area contributed by atoms with Crippen LogP contribution in [0.25, 0.3) is 11.4 Å². The van der Waals surface area contributed by atoms with Crippen molar-refractivity contribution in [3.8, 4) is 11.4 Å². The van der Waals surface area contributed by atoms with Crippen LogP contribution < -0.4 is 5.32 Å². The van der Waals surface area contributed by atoms with E-state index in [2.05, 4.69) is 15.5 Å². The van der Waals surface area contributed by atoms with E-state index in [4.69, 9.17) is 16.3 Å². The van der Waals surface area contributed by atoms with Gasteiger partial charge in [-0.05, 0) is 19.1 Å². The average molecular weight is 355 g/mol. The summed E-state index contributed by atoms with van der Waals surface area (Å²) in [6.45, 7) is 2.81. The molecule has 0 radical (unpaired) electrons. The van der Waals surface area contributed by atoms with Crippen LogP contribution in [0.1, 0.15) is 6.92 Å². The minimum absolute atomic E-state index is 0.0608. The zero-order chi connectivity index (χ0) is 16.8. The van der Waals surface area contributed by atoms with E-state index in [1.165, 1.54) is 11.8 Å². The first kappa shape index (κ1) is 17.8. The van der Waals surface area contributed by atoms with Gasteiger partial charge in [-0.1, -0.05) is 35.5 Å². The van der Waals surface area contributed by atoms with Gasteiger partial charge in [-0.15, -0.1) is 10.2 Å². The van der Waals surface area contributed by atoms with Gasteiger partial charge in [0.05, 0.1) is 16.9 Å². The average Bonchev–Trinajstić information content (AvgIpc) is 2.89. The van der Waals surface area contributed by atoms with Crippen molar-refractivity contribution in [2.24, 2.45) is 7.05 Å². The Morgan fingerprint density at radius 1 is 1.43 bits per heavy atom. The number of amides is 1. The molecular weight excluding hydrogens is 336 g/mol. The summed E-state index contributed by atoms with van der Waals surface area (Å²) in [7, 11) is 3.46. The summed E-state index contributed by atoms with van der Waals surface area (Å²) in [5.74, 6) is 0.611. The van der Waals surface area contributed by atoms with Crippen molar-refractivity contribution in [3.63, 3.8) is 0 Å². The number of ether oxygens (including phenoxy) is 1. The number of benzene rings is 1. The molecule has 0 unspecified atom stereocenters. The summed E-state index contributed by atoms with van der Waals surface area (Å²) in [6.07, 6.45) is 0. The van der Waals surface area contributed by atoms with Crippen molar-refractivity contribution in [1.29, 1.82) is 0 Å². The fourth-order valence-corrected chi connectivity index (χ4v) is 2.99. The molecule has 1 aromatic heterocycles. The van der Waals surface area contributed by atoms with Crippen LogP contribution in [0.2, 0.25) is 5.02 Å². The van der Waals surface area contributed by atoms with Crippen LogP contribution in [0.4, 0.5) is 0 Å². The fraction of sp³-hybridized carbons (Fsp3) is 0.400. The predicted molar refractivity (Wildman–Crippen MR) is 91.7 cm³/mol. The van der Waals surface area contributed by atoms with Crippen molar-refractivity contribution in [1.82, 2.24) is 20.1 Å². The lowest BCUT2D eigenvalue weighted by Gasteiger charge is -2.11. The first-order valence-corrected chi connectivity index (χ1v) is 8.38. The van der Waals surface area contributed by atoms with E-state index < -0.39 is 0 Å². The first-order chi connectivity index (χ1) is 11.0. The molecule has 1 aromatic carbocycles. The number of methoxy groups -OCH3 is 1. The fourth-order valence-electron chi connectivity index (χ4n) is 1.93. The Morgan fingerprint density at radius 2 is 2.17 bits per heavy atom. The van der Waals surface area contributed by atoms with Gasteiger partial charge in [0.2, 0.25) is 5.91 Å². The maximum absolute atomic E-state index is 12.0. The second-order valence-corrected chi connectivity index (χ2v) is 6.60. The summed E-state index contributed by atoms with van der Waals surface area (Å²) in [5.41, 5.74) is 0.813. The Labute approximate surface area is 144 Å². The largest absolute Gasteiger partial charge is 0.383 e. The van der Waals surface area contributed by atoms with Gasteiger partial charge in [-0.3, -0.25) is 4.79 Å². The van der Waals surface area contributed by atoms with Crippen LogP contribution in [0.5, 0.6) is 0 Å². The van der Waals surface area contributed by atoms with Gasteiger partial charge in [0.1, 0.15) is 0 Å². The topological polar surface area (TPSA) is 69.0 Å². The summed E-state index contributed by atoms with van der Waals surface area (Å²) >= 11 is 7.55. The highest BCUT2D eigenvalue weighted by Crippen LogP contribution is 2.29. The van der Waals surface area contributed by atoms with Crippen molar-refractivity contribution in [2.45, 2.75) is 17.3 Å². The minimum Gasteiger partial charge on any atom is -0.383 e. The SMILES string of the molecule is COCCNC(=O)[C@H](C)Sc1nnc(-c2ccccc2Cl)n1C. The highest BCUT2D eigenvalue weighted by atomic mass is 35.5. The van der Waals surface area contributed by atoms with Crippen molar-refractivity contribution in [3.05, 3.63) is 29.3 Å². The number of aromatic nitrogens is 3. The lowest BCUT2D eigenvalue weighted by atomic mass is 10.2. The normalized spacial score (nSPS) is 12.2. The molecule has 1 amide bonds. The van der Waals surface area contributed by atoms with Crippen LogP contribution in [0, 0.1) is 0 Å². The third-order valence-corrected chi connectivity index (χ3v) is 4.67. The second kappa shape index (κ2) is 8.33. The smallest absolute Gasteiger partial charge is 0.233 e. The molecule has 1 atom stereocenters. The number of rotatable bonds is 7. The molecule has 0 saturated heterocycles. The minimum atomic E-state index is -0.283. The number of nitrogens with zero attached hydrogens (tertiary/aromatic N) is 3. The molecule has 0 saturated carbocycles. The number of hydrogen-bond acceptors (Lipinski definition) is 5.